The van der Waals surface area contributed by atoms with Gasteiger partial charge < -0.3 is 10.5 Å². The molecule has 1 aliphatic rings. The van der Waals surface area contributed by atoms with Crippen LogP contribution in [-0.4, -0.2) is 12.6 Å². The van der Waals surface area contributed by atoms with Crippen LogP contribution >= 0.6 is 0 Å². The molecule has 0 aliphatic heterocycles. The lowest BCUT2D eigenvalue weighted by molar-refractivity contribution is 0.198. The van der Waals surface area contributed by atoms with E-state index >= 15 is 0 Å². The van der Waals surface area contributed by atoms with Gasteiger partial charge in [0.05, 0.1) is 6.61 Å². The van der Waals surface area contributed by atoms with Gasteiger partial charge in [0.1, 0.15) is 5.75 Å². The number of nitrogens with two attached hydrogens (primary N) is 1. The summed E-state index contributed by atoms with van der Waals surface area (Å²) in [5.41, 5.74) is 7.43. The summed E-state index contributed by atoms with van der Waals surface area (Å²) in [4.78, 5) is 0. The van der Waals surface area contributed by atoms with E-state index < -0.39 is 0 Å². The maximum atomic E-state index is 6.01. The second-order valence-corrected chi connectivity index (χ2v) is 4.58. The Hall–Kier alpha value is -1.02. The van der Waals surface area contributed by atoms with E-state index in [1.165, 1.54) is 12.0 Å². The van der Waals surface area contributed by atoms with Gasteiger partial charge in [0, 0.05) is 6.04 Å². The highest BCUT2D eigenvalue weighted by Crippen LogP contribution is 2.43. The van der Waals surface area contributed by atoms with Crippen LogP contribution in [0, 0.1) is 5.92 Å². The molecule has 0 amide bonds. The standard InChI is InChI=1S/C14H21NO/c1-3-12-13(9-14(12)15)10-5-7-11(8-6-10)16-4-2/h5-8,12-14H,3-4,9,15H2,1-2H3. The molecule has 0 aromatic heterocycles. The van der Waals surface area contributed by atoms with Gasteiger partial charge in [-0.2, -0.15) is 0 Å². The predicted molar refractivity (Wildman–Crippen MR) is 66.7 cm³/mol. The first kappa shape index (κ1) is 11.5. The molecule has 1 aromatic carbocycles. The Kier molecular flexibility index (Phi) is 3.49. The van der Waals surface area contributed by atoms with Gasteiger partial charge in [-0.25, -0.2) is 0 Å². The van der Waals surface area contributed by atoms with Crippen molar-refractivity contribution in [3.05, 3.63) is 29.8 Å². The van der Waals surface area contributed by atoms with Gasteiger partial charge in [-0.3, -0.25) is 0 Å². The Morgan fingerprint density at radius 1 is 1.25 bits per heavy atom. The van der Waals surface area contributed by atoms with E-state index in [1.807, 2.05) is 6.92 Å². The lowest BCUT2D eigenvalue weighted by Gasteiger charge is -2.42. The van der Waals surface area contributed by atoms with E-state index in [9.17, 15) is 0 Å². The molecule has 0 heterocycles. The maximum absolute atomic E-state index is 6.01. The number of hydrogen-bond donors (Lipinski definition) is 1. The first-order valence-electron chi connectivity index (χ1n) is 6.24. The summed E-state index contributed by atoms with van der Waals surface area (Å²) in [5, 5.41) is 0. The zero-order chi connectivity index (χ0) is 11.5. The molecule has 0 bridgehead atoms. The highest BCUT2D eigenvalue weighted by atomic mass is 16.5. The number of hydrogen-bond acceptors (Lipinski definition) is 2. The molecule has 0 spiro atoms. The van der Waals surface area contributed by atoms with Crippen molar-refractivity contribution < 1.29 is 4.74 Å². The minimum atomic E-state index is 0.404. The Balaban J connectivity index is 2.05. The molecule has 1 fully saturated rings. The van der Waals surface area contributed by atoms with E-state index in [0.29, 0.717) is 17.9 Å². The highest BCUT2D eigenvalue weighted by molar-refractivity contribution is 5.31. The summed E-state index contributed by atoms with van der Waals surface area (Å²) in [5.74, 6) is 2.29. The fourth-order valence-corrected chi connectivity index (χ4v) is 2.69. The lowest BCUT2D eigenvalue weighted by atomic mass is 9.65. The molecule has 1 aromatic rings. The van der Waals surface area contributed by atoms with Gasteiger partial charge in [-0.1, -0.05) is 25.5 Å². The summed E-state index contributed by atoms with van der Waals surface area (Å²) in [6, 6.07) is 8.90. The molecule has 1 aliphatic carbocycles. The Morgan fingerprint density at radius 2 is 1.94 bits per heavy atom. The van der Waals surface area contributed by atoms with Gasteiger partial charge in [-0.15, -0.1) is 0 Å². The second kappa shape index (κ2) is 4.88. The number of benzene rings is 1. The van der Waals surface area contributed by atoms with E-state index in [2.05, 4.69) is 31.2 Å². The molecule has 2 rings (SSSR count). The van der Waals surface area contributed by atoms with Crippen LogP contribution < -0.4 is 10.5 Å². The first-order valence-corrected chi connectivity index (χ1v) is 6.24. The highest BCUT2D eigenvalue weighted by Gasteiger charge is 2.37. The van der Waals surface area contributed by atoms with Gasteiger partial charge >= 0.3 is 0 Å². The van der Waals surface area contributed by atoms with Gasteiger partial charge in [0.2, 0.25) is 0 Å². The minimum absolute atomic E-state index is 0.404. The molecule has 1 saturated carbocycles. The second-order valence-electron chi connectivity index (χ2n) is 4.58. The van der Waals surface area contributed by atoms with Crippen LogP contribution in [-0.2, 0) is 0 Å². The minimum Gasteiger partial charge on any atom is -0.494 e. The van der Waals surface area contributed by atoms with Gasteiger partial charge in [-0.05, 0) is 42.9 Å². The van der Waals surface area contributed by atoms with Crippen LogP contribution in [0.15, 0.2) is 24.3 Å². The van der Waals surface area contributed by atoms with E-state index in [1.54, 1.807) is 0 Å². The molecular weight excluding hydrogens is 198 g/mol. The molecule has 16 heavy (non-hydrogen) atoms. The maximum Gasteiger partial charge on any atom is 0.119 e. The van der Waals surface area contributed by atoms with Crippen molar-refractivity contribution in [2.75, 3.05) is 6.61 Å². The van der Waals surface area contributed by atoms with Crippen LogP contribution in [0.4, 0.5) is 0 Å². The van der Waals surface area contributed by atoms with E-state index in [0.717, 1.165) is 18.8 Å². The zero-order valence-corrected chi connectivity index (χ0v) is 10.1. The van der Waals surface area contributed by atoms with Crippen molar-refractivity contribution in [3.63, 3.8) is 0 Å². The van der Waals surface area contributed by atoms with Crippen molar-refractivity contribution in [1.29, 1.82) is 0 Å². The molecule has 2 N–H and O–H groups in total. The third kappa shape index (κ3) is 2.07. The van der Waals surface area contributed by atoms with Crippen LogP contribution in [0.1, 0.15) is 38.2 Å². The summed E-state index contributed by atoms with van der Waals surface area (Å²) in [7, 11) is 0. The molecule has 3 atom stereocenters. The molecule has 0 radical (unpaired) electrons. The summed E-state index contributed by atoms with van der Waals surface area (Å²) in [6.07, 6.45) is 2.31. The van der Waals surface area contributed by atoms with Gasteiger partial charge in [0.15, 0.2) is 0 Å². The monoisotopic (exact) mass is 219 g/mol. The third-order valence-electron chi connectivity index (χ3n) is 3.68. The fourth-order valence-electron chi connectivity index (χ4n) is 2.69. The van der Waals surface area contributed by atoms with Crippen molar-refractivity contribution in [2.24, 2.45) is 11.7 Å². The molecule has 88 valence electrons. The SMILES string of the molecule is CCOc1ccc(C2CC(N)C2CC)cc1. The first-order chi connectivity index (χ1) is 7.76. The van der Waals surface area contributed by atoms with Crippen LogP contribution in [0.2, 0.25) is 0 Å². The summed E-state index contributed by atoms with van der Waals surface area (Å²) in [6.45, 7) is 4.96. The largest absolute Gasteiger partial charge is 0.494 e. The van der Waals surface area contributed by atoms with Crippen molar-refractivity contribution in [1.82, 2.24) is 0 Å². The Bertz CT molecular complexity index is 333. The van der Waals surface area contributed by atoms with E-state index in [-0.39, 0.29) is 0 Å². The number of ether oxygens (including phenoxy) is 1. The third-order valence-corrected chi connectivity index (χ3v) is 3.68. The molecule has 2 heteroatoms. The van der Waals surface area contributed by atoms with Crippen molar-refractivity contribution >= 4 is 0 Å². The fraction of sp³-hybridized carbons (Fsp3) is 0.571. The lowest BCUT2D eigenvalue weighted by Crippen LogP contribution is -2.45. The summed E-state index contributed by atoms with van der Waals surface area (Å²) < 4.78 is 5.44. The number of rotatable bonds is 4. The average molecular weight is 219 g/mol. The van der Waals surface area contributed by atoms with E-state index in [4.69, 9.17) is 10.5 Å². The zero-order valence-electron chi connectivity index (χ0n) is 10.1. The van der Waals surface area contributed by atoms with Crippen LogP contribution in [0.25, 0.3) is 0 Å². The van der Waals surface area contributed by atoms with Crippen LogP contribution in [0.3, 0.4) is 0 Å². The average Bonchev–Trinajstić information content (AvgIpc) is 2.28. The van der Waals surface area contributed by atoms with Crippen molar-refractivity contribution in [2.45, 2.75) is 38.6 Å². The predicted octanol–water partition coefficient (Wildman–Crippen LogP) is 2.93. The molecule has 0 saturated heterocycles. The smallest absolute Gasteiger partial charge is 0.119 e. The summed E-state index contributed by atoms with van der Waals surface area (Å²) >= 11 is 0. The molecular formula is C14H21NO. The van der Waals surface area contributed by atoms with Crippen LogP contribution in [0.5, 0.6) is 5.75 Å². The quantitative estimate of drug-likeness (QED) is 0.845. The molecule has 2 nitrogen and oxygen atoms in total. The topological polar surface area (TPSA) is 35.2 Å². The normalized spacial score (nSPS) is 28.6. The van der Waals surface area contributed by atoms with Gasteiger partial charge in [0.25, 0.3) is 0 Å². The Morgan fingerprint density at radius 3 is 2.44 bits per heavy atom. The molecule has 3 unspecified atom stereocenters. The van der Waals surface area contributed by atoms with Crippen molar-refractivity contribution in [3.8, 4) is 5.75 Å². The Labute approximate surface area is 97.8 Å².